The van der Waals surface area contributed by atoms with Crippen molar-refractivity contribution in [2.75, 3.05) is 12.0 Å². The second-order valence-corrected chi connectivity index (χ2v) is 9.52. The van der Waals surface area contributed by atoms with E-state index in [0.717, 1.165) is 22.6 Å². The molecule has 2 saturated heterocycles. The number of nitrogens with zero attached hydrogens (tertiary/aromatic N) is 2. The summed E-state index contributed by atoms with van der Waals surface area (Å²) in [6, 6.07) is 16.8. The van der Waals surface area contributed by atoms with Gasteiger partial charge in [0, 0.05) is 17.2 Å². The lowest BCUT2D eigenvalue weighted by Gasteiger charge is -2.27. The zero-order chi connectivity index (χ0) is 26.9. The van der Waals surface area contributed by atoms with Gasteiger partial charge in [0.05, 0.1) is 41.7 Å². The summed E-state index contributed by atoms with van der Waals surface area (Å²) in [4.78, 5) is 67.2. The molecule has 38 heavy (non-hydrogen) atoms. The molecule has 2 fully saturated rings. The Morgan fingerprint density at radius 3 is 2.13 bits per heavy atom. The maximum atomic E-state index is 14.1. The first kappa shape index (κ1) is 23.7. The smallest absolute Gasteiger partial charge is 0.273 e. The minimum absolute atomic E-state index is 0.0179. The molecule has 190 valence electrons. The Morgan fingerprint density at radius 2 is 1.55 bits per heavy atom. The lowest BCUT2D eigenvalue weighted by atomic mass is 9.77. The van der Waals surface area contributed by atoms with E-state index >= 15 is 0 Å². The van der Waals surface area contributed by atoms with Crippen LogP contribution in [0.2, 0.25) is 0 Å². The van der Waals surface area contributed by atoms with Crippen LogP contribution in [0.15, 0.2) is 66.7 Å². The summed E-state index contributed by atoms with van der Waals surface area (Å²) in [6.07, 6.45) is -1.06. The third kappa shape index (κ3) is 2.97. The van der Waals surface area contributed by atoms with Crippen molar-refractivity contribution in [3.8, 4) is 5.75 Å². The summed E-state index contributed by atoms with van der Waals surface area (Å²) >= 11 is 0. The Bertz CT molecular complexity index is 1540. The van der Waals surface area contributed by atoms with Crippen molar-refractivity contribution >= 4 is 34.8 Å². The van der Waals surface area contributed by atoms with E-state index in [2.05, 4.69) is 0 Å². The number of carbonyl (C=O) groups excluding carboxylic acids is 4. The molecule has 10 heteroatoms. The van der Waals surface area contributed by atoms with Gasteiger partial charge in [-0.3, -0.25) is 29.3 Å². The predicted octanol–water partition coefficient (Wildman–Crippen LogP) is 3.61. The number of hydrogen-bond acceptors (Lipinski definition) is 8. The number of non-ortho nitro benzene ring substituents is 1. The molecule has 0 aromatic heterocycles. The lowest BCUT2D eigenvalue weighted by Crippen LogP contribution is -2.51. The summed E-state index contributed by atoms with van der Waals surface area (Å²) in [7, 11) is 1.26. The number of carbonyl (C=O) groups is 4. The molecule has 3 aromatic rings. The molecule has 1 aliphatic carbocycles. The monoisotopic (exact) mass is 512 g/mol. The van der Waals surface area contributed by atoms with Gasteiger partial charge in [-0.1, -0.05) is 54.1 Å². The van der Waals surface area contributed by atoms with Crippen LogP contribution in [0.25, 0.3) is 0 Å². The van der Waals surface area contributed by atoms with Crippen LogP contribution < -0.4 is 9.64 Å². The van der Waals surface area contributed by atoms with Crippen LogP contribution in [0, 0.1) is 28.9 Å². The lowest BCUT2D eigenvalue weighted by molar-refractivity contribution is -0.384. The minimum Gasteiger partial charge on any atom is -0.494 e. The number of rotatable bonds is 4. The number of imide groups is 1. The maximum Gasteiger partial charge on any atom is 0.273 e. The quantitative estimate of drug-likeness (QED) is 0.224. The first-order valence-electron chi connectivity index (χ1n) is 11.8. The second-order valence-electron chi connectivity index (χ2n) is 9.52. The van der Waals surface area contributed by atoms with Crippen LogP contribution >= 0.6 is 0 Å². The summed E-state index contributed by atoms with van der Waals surface area (Å²) < 4.78 is 11.5. The fraction of sp³-hybridized carbons (Fsp3) is 0.214. The summed E-state index contributed by atoms with van der Waals surface area (Å²) in [6.45, 7) is 1.89. The number of nitro groups is 1. The largest absolute Gasteiger partial charge is 0.494 e. The molecule has 0 N–H and O–H groups in total. The standard InChI is InChI=1S/C28H20N2O8/c1-14-7-9-15(10-8-14)23-21-22(28(38-23)24(31)17-5-3-4-6-18(17)25(28)32)27(34)29(26(21)33)19-12-11-16(30(35)36)13-20(19)37-2/h3-13,21-23H,1-2H3/t21-,22+,23-/m1/s1. The Morgan fingerprint density at radius 1 is 0.921 bits per heavy atom. The number of Topliss-reactive ketones (excluding diaryl/α,β-unsaturated/α-hetero) is 2. The number of benzene rings is 3. The van der Waals surface area contributed by atoms with Crippen LogP contribution in [0.1, 0.15) is 37.9 Å². The minimum atomic E-state index is -2.21. The number of ketones is 2. The molecule has 6 rings (SSSR count). The van der Waals surface area contributed by atoms with Crippen molar-refractivity contribution in [3.63, 3.8) is 0 Å². The van der Waals surface area contributed by atoms with Crippen LogP contribution in [0.3, 0.4) is 0 Å². The molecule has 2 aliphatic heterocycles. The SMILES string of the molecule is COc1cc([N+](=O)[O-])ccc1N1C(=O)[C@H]2[C@@H](c3ccc(C)cc3)OC3(C(=O)c4ccccc4C3=O)[C@@H]2C1=O. The van der Waals surface area contributed by atoms with Crippen molar-refractivity contribution < 1.29 is 33.6 Å². The summed E-state index contributed by atoms with van der Waals surface area (Å²) in [5.74, 6) is -5.53. The van der Waals surface area contributed by atoms with Gasteiger partial charge in [0.25, 0.3) is 5.69 Å². The zero-order valence-electron chi connectivity index (χ0n) is 20.2. The van der Waals surface area contributed by atoms with Gasteiger partial charge < -0.3 is 9.47 Å². The number of aryl methyl sites for hydroxylation is 1. The molecule has 1 spiro atoms. The van der Waals surface area contributed by atoms with Gasteiger partial charge in [-0.25, -0.2) is 4.90 Å². The van der Waals surface area contributed by atoms with Crippen molar-refractivity contribution in [1.29, 1.82) is 0 Å². The molecule has 0 bridgehead atoms. The van der Waals surface area contributed by atoms with Gasteiger partial charge in [0.15, 0.2) is 0 Å². The van der Waals surface area contributed by atoms with Crippen LogP contribution in [0.5, 0.6) is 5.75 Å². The van der Waals surface area contributed by atoms with Gasteiger partial charge in [0.1, 0.15) is 5.75 Å². The Balaban J connectivity index is 1.54. The van der Waals surface area contributed by atoms with E-state index < -0.39 is 51.8 Å². The van der Waals surface area contributed by atoms with Crippen molar-refractivity contribution in [2.24, 2.45) is 11.8 Å². The van der Waals surface area contributed by atoms with E-state index in [4.69, 9.17) is 9.47 Å². The topological polar surface area (TPSA) is 133 Å². The van der Waals surface area contributed by atoms with E-state index in [0.29, 0.717) is 5.56 Å². The van der Waals surface area contributed by atoms with E-state index in [9.17, 15) is 29.3 Å². The highest BCUT2D eigenvalue weighted by Crippen LogP contribution is 2.58. The Kier molecular flexibility index (Phi) is 5.08. The number of amides is 2. The normalized spacial score (nSPS) is 23.2. The summed E-state index contributed by atoms with van der Waals surface area (Å²) in [5.41, 5.74) is -0.768. The molecular formula is C28H20N2O8. The molecule has 10 nitrogen and oxygen atoms in total. The first-order valence-corrected chi connectivity index (χ1v) is 11.8. The number of nitro benzene ring substituents is 1. The number of anilines is 1. The molecule has 2 amide bonds. The number of fused-ring (bicyclic) bond motifs is 3. The Hall–Kier alpha value is -4.70. The van der Waals surface area contributed by atoms with Gasteiger partial charge in [-0.2, -0.15) is 0 Å². The highest BCUT2D eigenvalue weighted by atomic mass is 16.6. The average molecular weight is 512 g/mol. The van der Waals surface area contributed by atoms with Crippen LogP contribution in [-0.4, -0.2) is 41.0 Å². The first-order chi connectivity index (χ1) is 18.2. The average Bonchev–Trinajstić information content (AvgIpc) is 3.48. The van der Waals surface area contributed by atoms with Gasteiger partial charge in [-0.15, -0.1) is 0 Å². The fourth-order valence-corrected chi connectivity index (χ4v) is 5.78. The number of methoxy groups -OCH3 is 1. The highest BCUT2D eigenvalue weighted by molar-refractivity contribution is 6.37. The molecule has 0 unspecified atom stereocenters. The molecule has 2 heterocycles. The van der Waals surface area contributed by atoms with E-state index in [1.807, 2.05) is 19.1 Å². The van der Waals surface area contributed by atoms with Crippen LogP contribution in [-0.2, 0) is 14.3 Å². The van der Waals surface area contributed by atoms with E-state index in [1.165, 1.54) is 25.3 Å². The molecule has 0 radical (unpaired) electrons. The van der Waals surface area contributed by atoms with Crippen molar-refractivity contribution in [3.05, 3.63) is 99.1 Å². The Labute approximate surface area is 215 Å². The molecule has 3 atom stereocenters. The van der Waals surface area contributed by atoms with E-state index in [1.54, 1.807) is 24.3 Å². The molecule has 3 aliphatic rings. The van der Waals surface area contributed by atoms with Gasteiger partial charge >= 0.3 is 0 Å². The number of hydrogen-bond donors (Lipinski definition) is 0. The maximum absolute atomic E-state index is 14.1. The molecule has 0 saturated carbocycles. The highest BCUT2D eigenvalue weighted by Gasteiger charge is 2.74. The predicted molar refractivity (Wildman–Crippen MR) is 132 cm³/mol. The summed E-state index contributed by atoms with van der Waals surface area (Å²) in [5, 5.41) is 11.3. The number of ether oxygens (including phenoxy) is 2. The van der Waals surface area contributed by atoms with E-state index in [-0.39, 0.29) is 28.3 Å². The zero-order valence-corrected chi connectivity index (χ0v) is 20.2. The molecule has 3 aromatic carbocycles. The van der Waals surface area contributed by atoms with Crippen LogP contribution in [0.4, 0.5) is 11.4 Å². The van der Waals surface area contributed by atoms with Crippen molar-refractivity contribution in [2.45, 2.75) is 18.6 Å². The fourth-order valence-electron chi connectivity index (χ4n) is 5.78. The second kappa shape index (κ2) is 8.15. The van der Waals surface area contributed by atoms with Gasteiger partial charge in [-0.05, 0) is 18.6 Å². The van der Waals surface area contributed by atoms with Crippen molar-refractivity contribution in [1.82, 2.24) is 0 Å². The van der Waals surface area contributed by atoms with Gasteiger partial charge in [0.2, 0.25) is 29.0 Å². The molecular weight excluding hydrogens is 492 g/mol. The third-order valence-corrected chi connectivity index (χ3v) is 7.54. The third-order valence-electron chi connectivity index (χ3n) is 7.54.